The molecule has 16 heavy (non-hydrogen) atoms. The molecule has 1 rings (SSSR count). The number of hydrogen-bond acceptors (Lipinski definition) is 3. The minimum atomic E-state index is -1.21. The Kier molecular flexibility index (Phi) is 4.10. The van der Waals surface area contributed by atoms with E-state index in [9.17, 15) is 4.79 Å². The van der Waals surface area contributed by atoms with Gasteiger partial charge in [-0.1, -0.05) is 28.1 Å². The zero-order valence-electron chi connectivity index (χ0n) is 8.44. The van der Waals surface area contributed by atoms with Crippen LogP contribution in [0, 0.1) is 12.5 Å². The summed E-state index contributed by atoms with van der Waals surface area (Å²) in [7, 11) is 0. The molecular weight excluding hydrogens is 274 g/mol. The van der Waals surface area contributed by atoms with Crippen molar-refractivity contribution < 1.29 is 9.90 Å². The first-order valence-electron chi connectivity index (χ1n) is 4.34. The molecule has 82 valence electrons. The minimum absolute atomic E-state index is 0.267. The number of hydrogen-bond donors (Lipinski definition) is 2. The molecule has 1 aromatic carbocycles. The minimum Gasteiger partial charge on any atom is -0.476 e. The lowest BCUT2D eigenvalue weighted by atomic mass is 10.1. The van der Waals surface area contributed by atoms with Gasteiger partial charge in [-0.05, 0) is 30.2 Å². The molecule has 2 N–H and O–H groups in total. The Bertz CT molecular complexity index is 501. The molecule has 0 aliphatic rings. The maximum atomic E-state index is 10.8. The quantitative estimate of drug-likeness (QED) is 0.507. The first kappa shape index (κ1) is 12.3. The number of carboxylic acid groups (broad SMARTS) is 1. The molecule has 0 aliphatic carbocycles. The van der Waals surface area contributed by atoms with E-state index in [1.54, 1.807) is 12.1 Å². The van der Waals surface area contributed by atoms with E-state index in [4.69, 9.17) is 10.6 Å². The Morgan fingerprint density at radius 2 is 2.31 bits per heavy atom. The SMILES string of the molecule is Cc1c(Br)cccc1C=C(N=[N+]=N)C(=O)O. The zero-order chi connectivity index (χ0) is 12.1. The highest BCUT2D eigenvalue weighted by Gasteiger charge is 2.12. The molecule has 0 saturated carbocycles. The van der Waals surface area contributed by atoms with Crippen LogP contribution in [0.2, 0.25) is 0 Å². The Morgan fingerprint density at radius 1 is 1.62 bits per heavy atom. The Labute approximate surface area is 100 Å². The molecule has 0 bridgehead atoms. The number of nitrogens with zero attached hydrogens (tertiary/aromatic N) is 2. The fourth-order valence-corrected chi connectivity index (χ4v) is 1.50. The van der Waals surface area contributed by atoms with E-state index in [0.717, 1.165) is 15.6 Å². The standard InChI is InChI=1S/C10H8BrN3O2/c1-6-7(3-2-4-8(6)11)5-9(10(15)16)13-14-12/h2-5,12H,1H3/p+1. The summed E-state index contributed by atoms with van der Waals surface area (Å²) in [6.45, 7) is 1.85. The van der Waals surface area contributed by atoms with Gasteiger partial charge in [0.2, 0.25) is 10.6 Å². The van der Waals surface area contributed by atoms with Gasteiger partial charge in [-0.2, -0.15) is 0 Å². The van der Waals surface area contributed by atoms with Crippen LogP contribution in [0.4, 0.5) is 0 Å². The first-order valence-corrected chi connectivity index (χ1v) is 5.13. The fraction of sp³-hybridized carbons (Fsp3) is 0.100. The normalized spacial score (nSPS) is 10.8. The van der Waals surface area contributed by atoms with Crippen LogP contribution in [0.25, 0.3) is 6.08 Å². The molecule has 0 saturated heterocycles. The van der Waals surface area contributed by atoms with E-state index >= 15 is 0 Å². The van der Waals surface area contributed by atoms with Crippen molar-refractivity contribution in [2.45, 2.75) is 6.92 Å². The predicted molar refractivity (Wildman–Crippen MR) is 61.8 cm³/mol. The summed E-state index contributed by atoms with van der Waals surface area (Å²) in [6.07, 6.45) is 1.38. The van der Waals surface area contributed by atoms with Gasteiger partial charge in [0.25, 0.3) is 0 Å². The zero-order valence-corrected chi connectivity index (χ0v) is 10.0. The van der Waals surface area contributed by atoms with Crippen LogP contribution < -0.4 is 4.91 Å². The molecule has 0 aromatic heterocycles. The van der Waals surface area contributed by atoms with Crippen molar-refractivity contribution >= 4 is 28.0 Å². The molecule has 0 amide bonds. The second kappa shape index (κ2) is 5.34. The van der Waals surface area contributed by atoms with Gasteiger partial charge in [-0.25, -0.2) is 4.79 Å². The average molecular weight is 283 g/mol. The number of benzene rings is 1. The van der Waals surface area contributed by atoms with Gasteiger partial charge in [-0.3, -0.25) is 0 Å². The highest BCUT2D eigenvalue weighted by Crippen LogP contribution is 2.21. The lowest BCUT2D eigenvalue weighted by Crippen LogP contribution is -1.98. The number of halogens is 1. The van der Waals surface area contributed by atoms with E-state index < -0.39 is 5.97 Å². The summed E-state index contributed by atoms with van der Waals surface area (Å²) >= 11 is 3.34. The lowest BCUT2D eigenvalue weighted by Gasteiger charge is -2.01. The van der Waals surface area contributed by atoms with Gasteiger partial charge in [-0.15, -0.1) is 0 Å². The van der Waals surface area contributed by atoms with E-state index in [2.05, 4.69) is 26.0 Å². The molecule has 0 atom stereocenters. The largest absolute Gasteiger partial charge is 0.476 e. The van der Waals surface area contributed by atoms with Gasteiger partial charge in [0.15, 0.2) is 5.11 Å². The van der Waals surface area contributed by atoms with Crippen LogP contribution >= 0.6 is 15.9 Å². The average Bonchev–Trinajstić information content (AvgIpc) is 2.23. The third-order valence-electron chi connectivity index (χ3n) is 1.98. The van der Waals surface area contributed by atoms with Crippen LogP contribution in [-0.4, -0.2) is 11.1 Å². The van der Waals surface area contributed by atoms with Crippen LogP contribution in [-0.2, 0) is 4.79 Å². The van der Waals surface area contributed by atoms with E-state index in [1.807, 2.05) is 13.0 Å². The highest BCUT2D eigenvalue weighted by molar-refractivity contribution is 9.10. The molecule has 0 fully saturated rings. The van der Waals surface area contributed by atoms with Crippen molar-refractivity contribution in [1.82, 2.24) is 4.91 Å². The molecular formula is C10H9BrN3O2+. The lowest BCUT2D eigenvalue weighted by molar-refractivity contribution is -0.132. The number of carbonyl (C=O) groups is 1. The third kappa shape index (κ3) is 2.85. The smallest absolute Gasteiger partial charge is 0.362 e. The molecule has 0 heterocycles. The summed E-state index contributed by atoms with van der Waals surface area (Å²) in [5.74, 6) is -1.21. The highest BCUT2D eigenvalue weighted by atomic mass is 79.9. The number of nitrogens with one attached hydrogen (secondary N) is 1. The molecule has 0 radical (unpaired) electrons. The second-order valence-corrected chi connectivity index (χ2v) is 3.84. The van der Waals surface area contributed by atoms with Crippen LogP contribution in [0.3, 0.4) is 0 Å². The van der Waals surface area contributed by atoms with Crippen molar-refractivity contribution in [2.75, 3.05) is 0 Å². The summed E-state index contributed by atoms with van der Waals surface area (Å²) in [5, 5.41) is 12.0. The summed E-state index contributed by atoms with van der Waals surface area (Å²) in [5.41, 5.74) is 7.89. The molecule has 0 unspecified atom stereocenters. The van der Waals surface area contributed by atoms with Crippen LogP contribution in [0.15, 0.2) is 33.5 Å². The monoisotopic (exact) mass is 282 g/mol. The second-order valence-electron chi connectivity index (χ2n) is 2.99. The maximum Gasteiger partial charge on any atom is 0.362 e. The van der Waals surface area contributed by atoms with E-state index in [0.29, 0.717) is 0 Å². The predicted octanol–water partition coefficient (Wildman–Crippen LogP) is 2.73. The van der Waals surface area contributed by atoms with Gasteiger partial charge in [0.1, 0.15) is 5.53 Å². The number of carboxylic acids is 1. The fourth-order valence-electron chi connectivity index (χ4n) is 1.12. The van der Waals surface area contributed by atoms with Crippen molar-refractivity contribution in [3.05, 3.63) is 39.5 Å². The maximum absolute atomic E-state index is 10.8. The van der Waals surface area contributed by atoms with Gasteiger partial charge in [0, 0.05) is 4.47 Å². The van der Waals surface area contributed by atoms with Gasteiger partial charge >= 0.3 is 5.97 Å². The van der Waals surface area contributed by atoms with Crippen LogP contribution in [0.5, 0.6) is 0 Å². The first-order chi connectivity index (χ1) is 7.56. The Morgan fingerprint density at radius 3 is 2.88 bits per heavy atom. The third-order valence-corrected chi connectivity index (χ3v) is 2.84. The van der Waals surface area contributed by atoms with Gasteiger partial charge in [0.05, 0.1) is 0 Å². The van der Waals surface area contributed by atoms with Gasteiger partial charge < -0.3 is 5.11 Å². The van der Waals surface area contributed by atoms with Crippen molar-refractivity contribution in [3.8, 4) is 0 Å². The molecule has 1 aromatic rings. The molecule has 5 nitrogen and oxygen atoms in total. The van der Waals surface area contributed by atoms with Crippen molar-refractivity contribution in [1.29, 1.82) is 5.53 Å². The van der Waals surface area contributed by atoms with Crippen LogP contribution in [0.1, 0.15) is 11.1 Å². The number of aliphatic carboxylic acids is 1. The van der Waals surface area contributed by atoms with E-state index in [1.165, 1.54) is 6.08 Å². The Balaban J connectivity index is 3.28. The number of rotatable bonds is 3. The Hall–Kier alpha value is -1.78. The van der Waals surface area contributed by atoms with Crippen molar-refractivity contribution in [2.24, 2.45) is 5.11 Å². The summed E-state index contributed by atoms with van der Waals surface area (Å²) < 4.78 is 0.883. The molecule has 0 spiro atoms. The summed E-state index contributed by atoms with van der Waals surface area (Å²) in [6, 6.07) is 5.42. The molecule has 0 aliphatic heterocycles. The van der Waals surface area contributed by atoms with E-state index in [-0.39, 0.29) is 5.70 Å². The summed E-state index contributed by atoms with van der Waals surface area (Å²) in [4.78, 5) is 13.5. The van der Waals surface area contributed by atoms with Crippen molar-refractivity contribution in [3.63, 3.8) is 0 Å². The molecule has 6 heteroatoms. The topological polar surface area (TPSA) is 87.6 Å².